The minimum Gasteiger partial charge on any atom is -0.394 e. The van der Waals surface area contributed by atoms with Gasteiger partial charge in [0.25, 0.3) is 0 Å². The Morgan fingerprint density at radius 1 is 0.507 bits per heavy atom. The van der Waals surface area contributed by atoms with Crippen molar-refractivity contribution in [2.24, 2.45) is 0 Å². The molecule has 1 heterocycles. The summed E-state index contributed by atoms with van der Waals surface area (Å²) in [7, 11) is -5.08. The third-order valence-corrected chi connectivity index (χ3v) is 15.4. The second-order valence-electron chi connectivity index (χ2n) is 21.7. The molecule has 424 valence electrons. The predicted molar refractivity (Wildman–Crippen MR) is 292 cm³/mol. The van der Waals surface area contributed by atoms with Gasteiger partial charge in [0.15, 0.2) is 6.29 Å². The number of carbonyl (C=O) groups is 1. The zero-order valence-corrected chi connectivity index (χ0v) is 46.9. The summed E-state index contributed by atoms with van der Waals surface area (Å²) in [4.78, 5) is 13.2. The third-order valence-electron chi connectivity index (χ3n) is 14.9. The lowest BCUT2D eigenvalue weighted by Gasteiger charge is -2.41. The van der Waals surface area contributed by atoms with Crippen LogP contribution in [0.5, 0.6) is 0 Å². The van der Waals surface area contributed by atoms with E-state index in [4.69, 9.17) is 9.47 Å². The van der Waals surface area contributed by atoms with Crippen LogP contribution in [0.1, 0.15) is 309 Å². The summed E-state index contributed by atoms with van der Waals surface area (Å²) in [5.41, 5.74) is 0. The summed E-state index contributed by atoms with van der Waals surface area (Å²) >= 11 is 0. The van der Waals surface area contributed by atoms with Gasteiger partial charge in [-0.05, 0) is 12.8 Å². The van der Waals surface area contributed by atoms with Crippen LogP contribution in [0.4, 0.5) is 0 Å². The predicted octanol–water partition coefficient (Wildman–Crippen LogP) is 14.5. The first kappa shape index (κ1) is 68.1. The Hall–Kier alpha value is -0.900. The standard InChI is InChI=1S/C58H115NO11S/c1-3-5-7-9-11-13-15-17-19-21-22-23-24-25-26-27-28-29-30-31-32-34-36-38-40-42-44-46-48-54(62)59-51(50-68-58-56(64)57(70-71(65,66)67)55(63)53(49-60)69-58)52(61)47-45-43-41-39-37-35-33-20-18-16-14-12-10-8-6-4-2/h51-53,55-58,60-61,63-64H,3-50H2,1-2H3,(H,59,62)(H,65,66,67). The first-order chi connectivity index (χ1) is 34.5. The van der Waals surface area contributed by atoms with Crippen LogP contribution in [-0.4, -0.2) is 95.4 Å². The molecule has 0 aromatic rings. The highest BCUT2D eigenvalue weighted by molar-refractivity contribution is 7.80. The molecule has 0 radical (unpaired) electrons. The number of carbonyl (C=O) groups excluding carboxylic acids is 1. The molecular weight excluding hydrogens is 919 g/mol. The van der Waals surface area contributed by atoms with Gasteiger partial charge in [-0.1, -0.05) is 290 Å². The lowest BCUT2D eigenvalue weighted by molar-refractivity contribution is -0.298. The number of rotatable bonds is 54. The van der Waals surface area contributed by atoms with E-state index in [1.165, 1.54) is 231 Å². The Labute approximate surface area is 437 Å². The average molecular weight is 1030 g/mol. The maximum atomic E-state index is 13.2. The Kier molecular flexibility index (Phi) is 46.7. The molecule has 0 aromatic heterocycles. The van der Waals surface area contributed by atoms with E-state index >= 15 is 0 Å². The molecule has 0 bridgehead atoms. The van der Waals surface area contributed by atoms with Gasteiger partial charge in [0.1, 0.15) is 24.4 Å². The number of nitrogens with one attached hydrogen (secondary N) is 1. The largest absolute Gasteiger partial charge is 0.397 e. The first-order valence-electron chi connectivity index (χ1n) is 30.4. The molecule has 13 heteroatoms. The van der Waals surface area contributed by atoms with Crippen molar-refractivity contribution in [3.63, 3.8) is 0 Å². The van der Waals surface area contributed by atoms with Gasteiger partial charge in [-0.15, -0.1) is 0 Å². The molecule has 1 fully saturated rings. The van der Waals surface area contributed by atoms with Crippen LogP contribution in [0.25, 0.3) is 0 Å². The van der Waals surface area contributed by atoms with E-state index in [-0.39, 0.29) is 12.5 Å². The molecule has 1 saturated heterocycles. The average Bonchev–Trinajstić information content (AvgIpc) is 3.34. The minimum atomic E-state index is -5.08. The fourth-order valence-corrected chi connectivity index (χ4v) is 10.7. The van der Waals surface area contributed by atoms with Crippen LogP contribution in [0.3, 0.4) is 0 Å². The molecule has 71 heavy (non-hydrogen) atoms. The van der Waals surface area contributed by atoms with Crippen molar-refractivity contribution in [2.45, 2.75) is 352 Å². The second kappa shape index (κ2) is 48.7. The van der Waals surface area contributed by atoms with E-state index in [9.17, 15) is 38.2 Å². The van der Waals surface area contributed by atoms with Crippen LogP contribution in [0, 0.1) is 0 Å². The van der Waals surface area contributed by atoms with Crippen molar-refractivity contribution in [3.8, 4) is 0 Å². The number of aliphatic hydroxyl groups is 4. The number of aliphatic hydroxyl groups excluding tert-OH is 4. The molecule has 0 aliphatic carbocycles. The zero-order valence-electron chi connectivity index (χ0n) is 46.1. The lowest BCUT2D eigenvalue weighted by atomic mass is 9.99. The van der Waals surface area contributed by atoms with E-state index in [1.54, 1.807) is 0 Å². The zero-order chi connectivity index (χ0) is 51.9. The SMILES string of the molecule is CCCCCCCCCCCCCCCCCCCCCCCCCCCCCCC(=O)NC(COC1OC(CO)C(O)C(OS(=O)(=O)O)C1O)C(O)CCCCCCCCCCCCCCCCCC. The van der Waals surface area contributed by atoms with Gasteiger partial charge in [0.05, 0.1) is 25.4 Å². The molecule has 0 spiro atoms. The van der Waals surface area contributed by atoms with E-state index in [0.717, 1.165) is 51.4 Å². The molecule has 6 N–H and O–H groups in total. The highest BCUT2D eigenvalue weighted by Crippen LogP contribution is 2.26. The highest BCUT2D eigenvalue weighted by Gasteiger charge is 2.48. The normalized spacial score (nSPS) is 19.3. The van der Waals surface area contributed by atoms with Crippen LogP contribution in [0.2, 0.25) is 0 Å². The Bertz CT molecular complexity index is 1260. The molecule has 0 saturated carbocycles. The molecule has 1 amide bonds. The number of hydrogen-bond donors (Lipinski definition) is 6. The van der Waals surface area contributed by atoms with Crippen molar-refractivity contribution >= 4 is 16.3 Å². The maximum Gasteiger partial charge on any atom is 0.397 e. The van der Waals surface area contributed by atoms with Gasteiger partial charge in [0, 0.05) is 6.42 Å². The topological polar surface area (TPSA) is 192 Å². The van der Waals surface area contributed by atoms with Crippen LogP contribution in [0.15, 0.2) is 0 Å². The summed E-state index contributed by atoms with van der Waals surface area (Å²) in [6, 6.07) is -0.853. The summed E-state index contributed by atoms with van der Waals surface area (Å²) in [6.45, 7) is 3.50. The monoisotopic (exact) mass is 1030 g/mol. The summed E-state index contributed by atoms with van der Waals surface area (Å²) in [6.07, 6.45) is 48.4. The quantitative estimate of drug-likeness (QED) is 0.0251. The van der Waals surface area contributed by atoms with Crippen LogP contribution in [-0.2, 0) is 28.9 Å². The molecule has 1 aliphatic rings. The molecule has 12 nitrogen and oxygen atoms in total. The summed E-state index contributed by atoms with van der Waals surface area (Å²) in [5.74, 6) is -0.221. The van der Waals surface area contributed by atoms with Gasteiger partial charge in [0.2, 0.25) is 5.91 Å². The maximum absolute atomic E-state index is 13.2. The second-order valence-corrected chi connectivity index (χ2v) is 22.7. The minimum absolute atomic E-state index is 0.221. The van der Waals surface area contributed by atoms with Crippen molar-refractivity contribution < 1.29 is 51.8 Å². The number of unbranched alkanes of at least 4 members (excludes halogenated alkanes) is 42. The van der Waals surface area contributed by atoms with Gasteiger partial charge in [-0.3, -0.25) is 9.35 Å². The number of amides is 1. The van der Waals surface area contributed by atoms with Gasteiger partial charge >= 0.3 is 10.4 Å². The fourth-order valence-electron chi connectivity index (χ4n) is 10.2. The molecule has 7 atom stereocenters. The van der Waals surface area contributed by atoms with E-state index in [1.807, 2.05) is 0 Å². The fraction of sp³-hybridized carbons (Fsp3) is 0.983. The van der Waals surface area contributed by atoms with Gasteiger partial charge < -0.3 is 35.2 Å². The van der Waals surface area contributed by atoms with Crippen LogP contribution >= 0.6 is 0 Å². The molecule has 7 unspecified atom stereocenters. The lowest BCUT2D eigenvalue weighted by Crippen LogP contribution is -2.61. The van der Waals surface area contributed by atoms with Crippen molar-refractivity contribution in [2.75, 3.05) is 13.2 Å². The van der Waals surface area contributed by atoms with Gasteiger partial charge in [-0.25, -0.2) is 4.18 Å². The number of hydrogen-bond acceptors (Lipinski definition) is 10. The smallest absolute Gasteiger partial charge is 0.394 e. The molecule has 0 aromatic carbocycles. The highest BCUT2D eigenvalue weighted by atomic mass is 32.3. The summed E-state index contributed by atoms with van der Waals surface area (Å²) in [5, 5.41) is 45.1. The Morgan fingerprint density at radius 2 is 0.817 bits per heavy atom. The molecule has 1 aliphatic heterocycles. The van der Waals surface area contributed by atoms with Crippen molar-refractivity contribution in [3.05, 3.63) is 0 Å². The van der Waals surface area contributed by atoms with Crippen molar-refractivity contribution in [1.29, 1.82) is 0 Å². The van der Waals surface area contributed by atoms with E-state index < -0.39 is 59.9 Å². The van der Waals surface area contributed by atoms with Gasteiger partial charge in [-0.2, -0.15) is 8.42 Å². The molecular formula is C58H115NO11S. The molecule has 1 rings (SSSR count). The first-order valence-corrected chi connectivity index (χ1v) is 31.8. The van der Waals surface area contributed by atoms with E-state index in [0.29, 0.717) is 12.8 Å². The Morgan fingerprint density at radius 3 is 1.13 bits per heavy atom. The van der Waals surface area contributed by atoms with Crippen LogP contribution < -0.4 is 5.32 Å². The number of ether oxygens (including phenoxy) is 2. The summed E-state index contributed by atoms with van der Waals surface area (Å²) < 4.78 is 47.9. The van der Waals surface area contributed by atoms with Crippen molar-refractivity contribution in [1.82, 2.24) is 5.32 Å². The Balaban J connectivity index is 2.26. The third kappa shape index (κ3) is 41.0. The van der Waals surface area contributed by atoms with E-state index in [2.05, 4.69) is 23.3 Å².